The first-order valence-electron chi connectivity index (χ1n) is 11.7. The van der Waals surface area contributed by atoms with Gasteiger partial charge in [-0.3, -0.25) is 4.79 Å². The predicted molar refractivity (Wildman–Crippen MR) is 128 cm³/mol. The van der Waals surface area contributed by atoms with Gasteiger partial charge in [0.15, 0.2) is 0 Å². The second-order valence-electron chi connectivity index (χ2n) is 8.64. The van der Waals surface area contributed by atoms with Crippen LogP contribution >= 0.6 is 0 Å². The van der Waals surface area contributed by atoms with E-state index in [0.717, 1.165) is 43.7 Å². The topological polar surface area (TPSA) is 84.2 Å². The highest BCUT2D eigenvalue weighted by Gasteiger charge is 2.24. The summed E-state index contributed by atoms with van der Waals surface area (Å²) in [6, 6.07) is 12.2. The molecule has 0 unspecified atom stereocenters. The summed E-state index contributed by atoms with van der Waals surface area (Å²) in [5.74, 6) is 0.371. The number of hydrogen-bond acceptors (Lipinski definition) is 6. The van der Waals surface area contributed by atoms with E-state index in [0.29, 0.717) is 34.6 Å². The molecule has 0 radical (unpaired) electrons. The van der Waals surface area contributed by atoms with Gasteiger partial charge in [-0.05, 0) is 61.2 Å². The summed E-state index contributed by atoms with van der Waals surface area (Å²) < 4.78 is 32.4. The lowest BCUT2D eigenvalue weighted by Crippen LogP contribution is -2.30. The number of halogens is 2. The molecule has 0 saturated carbocycles. The maximum Gasteiger partial charge on any atom is 0.263 e. The summed E-state index contributed by atoms with van der Waals surface area (Å²) in [6.07, 6.45) is 3.77. The van der Waals surface area contributed by atoms with Gasteiger partial charge in [-0.15, -0.1) is 0 Å². The van der Waals surface area contributed by atoms with E-state index in [1.54, 1.807) is 24.3 Å². The molecule has 35 heavy (non-hydrogen) atoms. The molecular weight excluding hydrogens is 452 g/mol. The van der Waals surface area contributed by atoms with Crippen molar-refractivity contribution in [3.8, 4) is 11.3 Å². The molecule has 9 heteroatoms. The number of aryl methyl sites for hydroxylation is 1. The van der Waals surface area contributed by atoms with Gasteiger partial charge in [-0.1, -0.05) is 17.3 Å². The Morgan fingerprint density at radius 2 is 1.80 bits per heavy atom. The van der Waals surface area contributed by atoms with Crippen LogP contribution in [0.1, 0.15) is 37.1 Å². The van der Waals surface area contributed by atoms with Gasteiger partial charge in [0.05, 0.1) is 0 Å². The SMILES string of the molecule is O=C(CCc1nc(N2CCCCC2)c2c(-c3ccc(F)cc3)noc2n1)NCc1cccc(F)c1. The van der Waals surface area contributed by atoms with Gasteiger partial charge in [0.25, 0.3) is 5.71 Å². The minimum atomic E-state index is -0.337. The minimum Gasteiger partial charge on any atom is -0.356 e. The Kier molecular flexibility index (Phi) is 6.65. The van der Waals surface area contributed by atoms with E-state index in [1.165, 1.54) is 24.3 Å². The molecule has 1 fully saturated rings. The summed E-state index contributed by atoms with van der Waals surface area (Å²) in [5, 5.41) is 7.72. The van der Waals surface area contributed by atoms with Gasteiger partial charge in [-0.25, -0.2) is 13.8 Å². The maximum absolute atomic E-state index is 13.5. The van der Waals surface area contributed by atoms with Crippen molar-refractivity contribution in [3.05, 3.63) is 71.6 Å². The normalized spacial score (nSPS) is 13.8. The zero-order valence-corrected chi connectivity index (χ0v) is 19.1. The standard InChI is InChI=1S/C26H25F2N5O2/c27-19-9-7-18(8-10-19)24-23-25(33-13-2-1-3-14-33)30-21(31-26(23)35-32-24)11-12-22(34)29-16-17-5-4-6-20(28)15-17/h4-10,15H,1-3,11-14,16H2,(H,29,34). The van der Waals surface area contributed by atoms with Crippen LogP contribution in [0.5, 0.6) is 0 Å². The zero-order chi connectivity index (χ0) is 24.2. The van der Waals surface area contributed by atoms with Crippen molar-refractivity contribution in [3.63, 3.8) is 0 Å². The van der Waals surface area contributed by atoms with Crippen LogP contribution in [0.25, 0.3) is 22.4 Å². The quantitative estimate of drug-likeness (QED) is 0.412. The summed E-state index contributed by atoms with van der Waals surface area (Å²) in [4.78, 5) is 23.9. The number of piperidine rings is 1. The summed E-state index contributed by atoms with van der Waals surface area (Å²) >= 11 is 0. The Morgan fingerprint density at radius 3 is 2.57 bits per heavy atom. The Bertz CT molecular complexity index is 1330. The van der Waals surface area contributed by atoms with E-state index in [4.69, 9.17) is 9.51 Å². The number of amides is 1. The molecule has 1 aliphatic rings. The largest absolute Gasteiger partial charge is 0.356 e. The lowest BCUT2D eigenvalue weighted by Gasteiger charge is -2.28. The molecule has 3 heterocycles. The summed E-state index contributed by atoms with van der Waals surface area (Å²) in [7, 11) is 0. The van der Waals surface area contributed by atoms with Crippen LogP contribution in [-0.2, 0) is 17.8 Å². The molecule has 4 aromatic rings. The second kappa shape index (κ2) is 10.2. The lowest BCUT2D eigenvalue weighted by molar-refractivity contribution is -0.121. The van der Waals surface area contributed by atoms with Gasteiger partial charge >= 0.3 is 0 Å². The van der Waals surface area contributed by atoms with E-state index in [-0.39, 0.29) is 30.5 Å². The molecule has 0 spiro atoms. The molecule has 180 valence electrons. The van der Waals surface area contributed by atoms with Crippen molar-refractivity contribution < 1.29 is 18.1 Å². The number of carbonyl (C=O) groups is 1. The van der Waals surface area contributed by atoms with Gasteiger partial charge in [0.2, 0.25) is 5.91 Å². The molecule has 5 rings (SSSR count). The fraction of sp³-hybridized carbons (Fsp3) is 0.308. The third-order valence-corrected chi connectivity index (χ3v) is 6.09. The molecule has 7 nitrogen and oxygen atoms in total. The highest BCUT2D eigenvalue weighted by molar-refractivity contribution is 5.98. The minimum absolute atomic E-state index is 0.179. The van der Waals surface area contributed by atoms with Gasteiger partial charge in [-0.2, -0.15) is 4.98 Å². The highest BCUT2D eigenvalue weighted by atomic mass is 19.1. The first kappa shape index (κ1) is 22.9. The van der Waals surface area contributed by atoms with Crippen LogP contribution < -0.4 is 10.2 Å². The fourth-order valence-electron chi connectivity index (χ4n) is 4.29. The molecule has 0 atom stereocenters. The number of carbonyl (C=O) groups excluding carboxylic acids is 1. The molecule has 2 aromatic carbocycles. The highest BCUT2D eigenvalue weighted by Crippen LogP contribution is 2.35. The van der Waals surface area contributed by atoms with Crippen molar-refractivity contribution in [2.24, 2.45) is 0 Å². The second-order valence-corrected chi connectivity index (χ2v) is 8.64. The molecule has 1 N–H and O–H groups in total. The van der Waals surface area contributed by atoms with E-state index >= 15 is 0 Å². The molecule has 1 saturated heterocycles. The van der Waals surface area contributed by atoms with E-state index in [1.807, 2.05) is 0 Å². The van der Waals surface area contributed by atoms with Gasteiger partial charge in [0, 0.05) is 38.0 Å². The van der Waals surface area contributed by atoms with Crippen LogP contribution in [0.2, 0.25) is 0 Å². The number of rotatable bonds is 7. The third-order valence-electron chi connectivity index (χ3n) is 6.09. The van der Waals surface area contributed by atoms with E-state index in [2.05, 4.69) is 20.4 Å². The molecule has 1 aliphatic heterocycles. The molecular formula is C26H25F2N5O2. The lowest BCUT2D eigenvalue weighted by atomic mass is 10.1. The Morgan fingerprint density at radius 1 is 1.00 bits per heavy atom. The van der Waals surface area contributed by atoms with Crippen LogP contribution in [-0.4, -0.2) is 34.1 Å². The predicted octanol–water partition coefficient (Wildman–Crippen LogP) is 4.80. The number of hydrogen-bond donors (Lipinski definition) is 1. The van der Waals surface area contributed by atoms with Crippen LogP contribution in [0.4, 0.5) is 14.6 Å². The fourth-order valence-corrected chi connectivity index (χ4v) is 4.29. The van der Waals surface area contributed by atoms with E-state index < -0.39 is 0 Å². The monoisotopic (exact) mass is 477 g/mol. The average molecular weight is 478 g/mol. The molecule has 1 amide bonds. The Balaban J connectivity index is 1.38. The van der Waals surface area contributed by atoms with Crippen LogP contribution in [0, 0.1) is 11.6 Å². The van der Waals surface area contributed by atoms with Gasteiger partial charge < -0.3 is 14.7 Å². The van der Waals surface area contributed by atoms with Crippen molar-refractivity contribution in [2.45, 2.75) is 38.6 Å². The van der Waals surface area contributed by atoms with Crippen LogP contribution in [0.15, 0.2) is 53.1 Å². The van der Waals surface area contributed by atoms with Crippen LogP contribution in [0.3, 0.4) is 0 Å². The number of anilines is 1. The summed E-state index contributed by atoms with van der Waals surface area (Å²) in [5.41, 5.74) is 2.32. The molecule has 0 bridgehead atoms. The number of benzene rings is 2. The van der Waals surface area contributed by atoms with Crippen molar-refractivity contribution >= 4 is 22.8 Å². The van der Waals surface area contributed by atoms with Crippen molar-refractivity contribution in [1.82, 2.24) is 20.4 Å². The summed E-state index contributed by atoms with van der Waals surface area (Å²) in [6.45, 7) is 1.96. The van der Waals surface area contributed by atoms with E-state index in [9.17, 15) is 13.6 Å². The number of nitrogens with one attached hydrogen (secondary N) is 1. The third kappa shape index (κ3) is 5.29. The van der Waals surface area contributed by atoms with Crippen molar-refractivity contribution in [2.75, 3.05) is 18.0 Å². The first-order chi connectivity index (χ1) is 17.1. The molecule has 0 aliphatic carbocycles. The smallest absolute Gasteiger partial charge is 0.263 e. The maximum atomic E-state index is 13.5. The first-order valence-corrected chi connectivity index (χ1v) is 11.7. The number of aromatic nitrogens is 3. The van der Waals surface area contributed by atoms with Crippen molar-refractivity contribution in [1.29, 1.82) is 0 Å². The Labute approximate surface area is 201 Å². The molecule has 2 aromatic heterocycles. The number of nitrogens with zero attached hydrogens (tertiary/aromatic N) is 4. The Hall–Kier alpha value is -3.88. The zero-order valence-electron chi connectivity index (χ0n) is 19.1. The van der Waals surface area contributed by atoms with Gasteiger partial charge in [0.1, 0.15) is 34.4 Å². The average Bonchev–Trinajstić information content (AvgIpc) is 3.31. The number of fused-ring (bicyclic) bond motifs is 1.